The first-order valence-corrected chi connectivity index (χ1v) is 8.90. The van der Waals surface area contributed by atoms with Crippen LogP contribution < -0.4 is 9.47 Å². The average molecular weight is 369 g/mol. The molecule has 0 radical (unpaired) electrons. The van der Waals surface area contributed by atoms with Gasteiger partial charge in [0.2, 0.25) is 0 Å². The second-order valence-electron chi connectivity index (χ2n) is 4.84. The van der Waals surface area contributed by atoms with Crippen molar-refractivity contribution >= 4 is 27.3 Å². The van der Waals surface area contributed by atoms with E-state index in [0.29, 0.717) is 13.2 Å². The van der Waals surface area contributed by atoms with E-state index < -0.39 is 0 Å². The van der Waals surface area contributed by atoms with E-state index in [1.807, 2.05) is 31.3 Å². The summed E-state index contributed by atoms with van der Waals surface area (Å²) in [6.45, 7) is 9.54. The first-order valence-electron chi connectivity index (χ1n) is 7.17. The van der Waals surface area contributed by atoms with Gasteiger partial charge in [0.25, 0.3) is 0 Å². The zero-order valence-electron chi connectivity index (χ0n) is 12.9. The van der Waals surface area contributed by atoms with Gasteiger partial charge in [-0.1, -0.05) is 22.0 Å². The van der Waals surface area contributed by atoms with Gasteiger partial charge < -0.3 is 9.47 Å². The monoisotopic (exact) mass is 368 g/mol. The number of benzene rings is 1. The standard InChI is InChI=1S/C17H21BrO2S/c1-5-19-14-8-7-13(10-15(14)20-6-2)16(18)17-11(3)9-12(4)21-17/h7-10,16H,5-6H2,1-4H3. The summed E-state index contributed by atoms with van der Waals surface area (Å²) in [6.07, 6.45) is 0. The van der Waals surface area contributed by atoms with Gasteiger partial charge in [0.15, 0.2) is 11.5 Å². The molecule has 1 atom stereocenters. The summed E-state index contributed by atoms with van der Waals surface area (Å²) in [5.74, 6) is 1.62. The van der Waals surface area contributed by atoms with E-state index in [4.69, 9.17) is 9.47 Å². The summed E-state index contributed by atoms with van der Waals surface area (Å²) in [4.78, 5) is 2.87. The van der Waals surface area contributed by atoms with Crippen molar-refractivity contribution < 1.29 is 9.47 Å². The fourth-order valence-electron chi connectivity index (χ4n) is 2.29. The van der Waals surface area contributed by atoms with Crippen LogP contribution in [0.15, 0.2) is 24.3 Å². The molecule has 0 fully saturated rings. The van der Waals surface area contributed by atoms with Crippen LogP contribution in [0.3, 0.4) is 0 Å². The minimum Gasteiger partial charge on any atom is -0.490 e. The average Bonchev–Trinajstić information content (AvgIpc) is 2.79. The van der Waals surface area contributed by atoms with Gasteiger partial charge in [0.1, 0.15) is 0 Å². The van der Waals surface area contributed by atoms with Crippen LogP contribution in [-0.2, 0) is 0 Å². The highest BCUT2D eigenvalue weighted by Gasteiger charge is 2.17. The maximum Gasteiger partial charge on any atom is 0.161 e. The van der Waals surface area contributed by atoms with E-state index in [2.05, 4.69) is 48.0 Å². The number of aryl methyl sites for hydroxylation is 2. The molecule has 2 aromatic rings. The number of ether oxygens (including phenoxy) is 2. The van der Waals surface area contributed by atoms with Crippen LogP contribution in [0.25, 0.3) is 0 Å². The van der Waals surface area contributed by atoms with Gasteiger partial charge in [-0.2, -0.15) is 0 Å². The molecule has 1 unspecified atom stereocenters. The van der Waals surface area contributed by atoms with Gasteiger partial charge in [-0.15, -0.1) is 11.3 Å². The minimum atomic E-state index is 0.186. The van der Waals surface area contributed by atoms with Crippen molar-refractivity contribution in [3.05, 3.63) is 45.1 Å². The van der Waals surface area contributed by atoms with Crippen molar-refractivity contribution in [2.75, 3.05) is 13.2 Å². The van der Waals surface area contributed by atoms with E-state index in [1.165, 1.54) is 20.9 Å². The van der Waals surface area contributed by atoms with Crippen molar-refractivity contribution in [1.29, 1.82) is 0 Å². The lowest BCUT2D eigenvalue weighted by Gasteiger charge is -2.15. The van der Waals surface area contributed by atoms with E-state index in [9.17, 15) is 0 Å². The summed E-state index contributed by atoms with van der Waals surface area (Å²) >= 11 is 5.65. The second kappa shape index (κ2) is 7.32. The van der Waals surface area contributed by atoms with Gasteiger partial charge >= 0.3 is 0 Å². The van der Waals surface area contributed by atoms with E-state index in [0.717, 1.165) is 11.5 Å². The molecule has 2 rings (SSSR count). The fraction of sp³-hybridized carbons (Fsp3) is 0.412. The van der Waals surface area contributed by atoms with E-state index in [-0.39, 0.29) is 4.83 Å². The molecule has 1 heterocycles. The third-order valence-corrected chi connectivity index (χ3v) is 5.68. The third-order valence-electron chi connectivity index (χ3n) is 3.17. The first kappa shape index (κ1) is 16.4. The number of thiophene rings is 1. The molecule has 0 N–H and O–H groups in total. The van der Waals surface area contributed by atoms with Crippen LogP contribution in [-0.4, -0.2) is 13.2 Å². The van der Waals surface area contributed by atoms with Gasteiger partial charge in [-0.05, 0) is 57.0 Å². The molecule has 0 spiro atoms. The zero-order chi connectivity index (χ0) is 15.4. The van der Waals surface area contributed by atoms with Crippen LogP contribution in [0, 0.1) is 13.8 Å². The molecule has 21 heavy (non-hydrogen) atoms. The Hall–Kier alpha value is -1.00. The van der Waals surface area contributed by atoms with Gasteiger partial charge in [-0.3, -0.25) is 0 Å². The zero-order valence-corrected chi connectivity index (χ0v) is 15.3. The Labute approximate surface area is 139 Å². The SMILES string of the molecule is CCOc1ccc(C(Br)c2sc(C)cc2C)cc1OCC. The van der Waals surface area contributed by atoms with Crippen LogP contribution >= 0.6 is 27.3 Å². The van der Waals surface area contributed by atoms with Gasteiger partial charge in [0, 0.05) is 9.75 Å². The largest absolute Gasteiger partial charge is 0.490 e. The fourth-order valence-corrected chi connectivity index (χ4v) is 4.26. The molecular weight excluding hydrogens is 348 g/mol. The Balaban J connectivity index is 2.35. The molecule has 0 bridgehead atoms. The Kier molecular flexibility index (Phi) is 5.71. The van der Waals surface area contributed by atoms with Crippen molar-refractivity contribution in [3.63, 3.8) is 0 Å². The number of alkyl halides is 1. The Morgan fingerprint density at radius 2 is 1.71 bits per heavy atom. The first-order chi connectivity index (χ1) is 10.1. The Morgan fingerprint density at radius 1 is 1.05 bits per heavy atom. The molecule has 0 aliphatic rings. The summed E-state index contributed by atoms with van der Waals surface area (Å²) in [7, 11) is 0. The predicted molar refractivity (Wildman–Crippen MR) is 93.3 cm³/mol. The number of halogens is 1. The second-order valence-corrected chi connectivity index (χ2v) is 7.04. The highest BCUT2D eigenvalue weighted by atomic mass is 79.9. The summed E-state index contributed by atoms with van der Waals surface area (Å²) < 4.78 is 11.3. The lowest BCUT2D eigenvalue weighted by atomic mass is 10.1. The van der Waals surface area contributed by atoms with E-state index in [1.54, 1.807) is 0 Å². The Morgan fingerprint density at radius 3 is 2.29 bits per heavy atom. The smallest absolute Gasteiger partial charge is 0.161 e. The molecule has 0 saturated carbocycles. The van der Waals surface area contributed by atoms with Crippen LogP contribution in [0.4, 0.5) is 0 Å². The maximum atomic E-state index is 5.71. The topological polar surface area (TPSA) is 18.5 Å². The number of hydrogen-bond donors (Lipinski definition) is 0. The maximum absolute atomic E-state index is 5.71. The number of rotatable bonds is 6. The summed E-state index contributed by atoms with van der Waals surface area (Å²) in [5, 5.41) is 0. The lowest BCUT2D eigenvalue weighted by Crippen LogP contribution is -2.00. The molecular formula is C17H21BrO2S. The molecule has 4 heteroatoms. The molecule has 0 amide bonds. The highest BCUT2D eigenvalue weighted by Crippen LogP contribution is 2.40. The Bertz CT molecular complexity index is 607. The van der Waals surface area contributed by atoms with E-state index >= 15 is 0 Å². The highest BCUT2D eigenvalue weighted by molar-refractivity contribution is 9.09. The van der Waals surface area contributed by atoms with Crippen molar-refractivity contribution in [1.82, 2.24) is 0 Å². The molecule has 0 saturated heterocycles. The quantitative estimate of drug-likeness (QED) is 0.613. The van der Waals surface area contributed by atoms with Crippen LogP contribution in [0.1, 0.15) is 39.6 Å². The molecule has 0 aliphatic carbocycles. The lowest BCUT2D eigenvalue weighted by molar-refractivity contribution is 0.287. The summed E-state index contributed by atoms with van der Waals surface area (Å²) in [5.41, 5.74) is 2.51. The van der Waals surface area contributed by atoms with Gasteiger partial charge in [0.05, 0.1) is 18.0 Å². The molecule has 1 aromatic carbocycles. The molecule has 1 aromatic heterocycles. The third kappa shape index (κ3) is 3.80. The molecule has 2 nitrogen and oxygen atoms in total. The van der Waals surface area contributed by atoms with Crippen molar-refractivity contribution in [3.8, 4) is 11.5 Å². The van der Waals surface area contributed by atoms with Crippen LogP contribution in [0.5, 0.6) is 11.5 Å². The van der Waals surface area contributed by atoms with Gasteiger partial charge in [-0.25, -0.2) is 0 Å². The van der Waals surface area contributed by atoms with Crippen molar-refractivity contribution in [2.45, 2.75) is 32.5 Å². The van der Waals surface area contributed by atoms with Crippen molar-refractivity contribution in [2.24, 2.45) is 0 Å². The molecule has 114 valence electrons. The number of hydrogen-bond acceptors (Lipinski definition) is 3. The minimum absolute atomic E-state index is 0.186. The normalized spacial score (nSPS) is 12.2. The summed E-state index contributed by atoms with van der Waals surface area (Å²) in [6, 6.07) is 8.39. The van der Waals surface area contributed by atoms with Crippen LogP contribution in [0.2, 0.25) is 0 Å². The predicted octanol–water partition coefficient (Wildman–Crippen LogP) is 5.65. The molecule has 0 aliphatic heterocycles.